The van der Waals surface area contributed by atoms with Gasteiger partial charge in [-0.05, 0) is 59.9 Å². The Balaban J connectivity index is 2.13. The zero-order valence-electron chi connectivity index (χ0n) is 8.74. The van der Waals surface area contributed by atoms with Gasteiger partial charge in [0.1, 0.15) is 11.6 Å². The van der Waals surface area contributed by atoms with Crippen LogP contribution in [0.1, 0.15) is 4.88 Å². The fourth-order valence-corrected chi connectivity index (χ4v) is 3.75. The Hall–Kier alpha value is 0.0200. The van der Waals surface area contributed by atoms with Crippen LogP contribution in [0, 0.1) is 11.6 Å². The largest absolute Gasteiger partial charge is 0.378 e. The molecule has 0 unspecified atom stereocenters. The van der Waals surface area contributed by atoms with Crippen molar-refractivity contribution in [3.8, 4) is 0 Å². The van der Waals surface area contributed by atoms with Gasteiger partial charge in [-0.2, -0.15) is 0 Å². The summed E-state index contributed by atoms with van der Waals surface area (Å²) in [4.78, 5) is 1.01. The zero-order chi connectivity index (χ0) is 13.3. The van der Waals surface area contributed by atoms with Gasteiger partial charge in [-0.15, -0.1) is 11.3 Å². The first-order chi connectivity index (χ1) is 8.47. The molecule has 0 radical (unpaired) electrons. The van der Waals surface area contributed by atoms with Crippen LogP contribution in [-0.4, -0.2) is 0 Å². The Morgan fingerprint density at radius 3 is 2.33 bits per heavy atom. The average molecular weight is 462 g/mol. The molecule has 1 aromatic heterocycles. The molecule has 0 aliphatic carbocycles. The highest BCUT2D eigenvalue weighted by molar-refractivity contribution is 9.13. The summed E-state index contributed by atoms with van der Waals surface area (Å²) in [6.07, 6.45) is 0. The van der Waals surface area contributed by atoms with Crippen LogP contribution in [-0.2, 0) is 6.54 Å². The lowest BCUT2D eigenvalue weighted by Gasteiger charge is -2.07. The Labute approximate surface area is 132 Å². The second-order valence-corrected chi connectivity index (χ2v) is 7.60. The second kappa shape index (κ2) is 5.98. The molecule has 0 aliphatic heterocycles. The van der Waals surface area contributed by atoms with Crippen LogP contribution in [0.15, 0.2) is 30.9 Å². The number of rotatable bonds is 3. The highest BCUT2D eigenvalue weighted by Gasteiger charge is 2.09. The van der Waals surface area contributed by atoms with Crippen LogP contribution >= 0.6 is 59.1 Å². The van der Waals surface area contributed by atoms with E-state index in [9.17, 15) is 8.78 Å². The molecule has 0 fully saturated rings. The number of hydrogen-bond acceptors (Lipinski definition) is 2. The van der Waals surface area contributed by atoms with Gasteiger partial charge in [-0.1, -0.05) is 0 Å². The highest BCUT2D eigenvalue weighted by Crippen LogP contribution is 2.33. The molecule has 0 saturated carbocycles. The molecule has 0 saturated heterocycles. The molecule has 7 heteroatoms. The molecule has 1 nitrogen and oxygen atoms in total. The minimum Gasteiger partial charge on any atom is -0.378 e. The summed E-state index contributed by atoms with van der Waals surface area (Å²) in [7, 11) is 0. The number of hydrogen-bond donors (Lipinski definition) is 1. The summed E-state index contributed by atoms with van der Waals surface area (Å²) in [5.41, 5.74) is 0.149. The van der Waals surface area contributed by atoms with Gasteiger partial charge in [0.05, 0.1) is 13.9 Å². The SMILES string of the molecule is Fc1cc(NCc2cc(Br)c(Br)s2)c(F)cc1Br. The fraction of sp³-hybridized carbons (Fsp3) is 0.0909. The summed E-state index contributed by atoms with van der Waals surface area (Å²) in [5.74, 6) is -0.981. The van der Waals surface area contributed by atoms with Gasteiger partial charge in [0.2, 0.25) is 0 Å². The highest BCUT2D eigenvalue weighted by atomic mass is 79.9. The van der Waals surface area contributed by atoms with Crippen LogP contribution in [0.25, 0.3) is 0 Å². The third-order valence-corrected chi connectivity index (χ3v) is 6.02. The smallest absolute Gasteiger partial charge is 0.147 e. The quantitative estimate of drug-likeness (QED) is 0.559. The molecular weight excluding hydrogens is 456 g/mol. The van der Waals surface area contributed by atoms with E-state index in [1.807, 2.05) is 6.07 Å². The van der Waals surface area contributed by atoms with Crippen LogP contribution in [0.2, 0.25) is 0 Å². The summed E-state index contributed by atoms with van der Waals surface area (Å²) in [6, 6.07) is 4.17. The molecule has 2 rings (SSSR count). The van der Waals surface area contributed by atoms with Crippen molar-refractivity contribution in [2.24, 2.45) is 0 Å². The minimum absolute atomic E-state index is 0.118. The third kappa shape index (κ3) is 3.31. The molecule has 18 heavy (non-hydrogen) atoms. The summed E-state index contributed by atoms with van der Waals surface area (Å²) < 4.78 is 28.9. The van der Waals surface area contributed by atoms with Gasteiger partial charge < -0.3 is 5.32 Å². The van der Waals surface area contributed by atoms with E-state index in [1.54, 1.807) is 0 Å². The predicted octanol–water partition coefficient (Wildman–Crippen LogP) is 5.93. The maximum absolute atomic E-state index is 13.5. The first kappa shape index (κ1) is 14.4. The van der Waals surface area contributed by atoms with E-state index in [0.717, 1.165) is 25.3 Å². The normalized spacial score (nSPS) is 10.7. The molecule has 2 aromatic rings. The molecule has 0 aliphatic rings. The van der Waals surface area contributed by atoms with Gasteiger partial charge in [-0.3, -0.25) is 0 Å². The molecule has 1 aromatic carbocycles. The maximum Gasteiger partial charge on any atom is 0.147 e. The molecule has 0 amide bonds. The third-order valence-electron chi connectivity index (χ3n) is 2.16. The predicted molar refractivity (Wildman–Crippen MR) is 81.1 cm³/mol. The van der Waals surface area contributed by atoms with E-state index < -0.39 is 11.6 Å². The first-order valence-electron chi connectivity index (χ1n) is 4.79. The zero-order valence-corrected chi connectivity index (χ0v) is 14.3. The molecule has 0 spiro atoms. The summed E-state index contributed by atoms with van der Waals surface area (Å²) in [6.45, 7) is 0.437. The van der Waals surface area contributed by atoms with E-state index in [0.29, 0.717) is 6.54 Å². The second-order valence-electron chi connectivity index (χ2n) is 3.43. The summed E-state index contributed by atoms with van der Waals surface area (Å²) in [5, 5.41) is 2.87. The number of nitrogens with one attached hydrogen (secondary N) is 1. The van der Waals surface area contributed by atoms with Crippen molar-refractivity contribution >= 4 is 64.8 Å². The van der Waals surface area contributed by atoms with Gasteiger partial charge in [0.25, 0.3) is 0 Å². The molecule has 0 bridgehead atoms. The topological polar surface area (TPSA) is 12.0 Å². The van der Waals surface area contributed by atoms with Crippen LogP contribution in [0.4, 0.5) is 14.5 Å². The molecule has 1 heterocycles. The number of benzene rings is 1. The Morgan fingerprint density at radius 2 is 1.72 bits per heavy atom. The van der Waals surface area contributed by atoms with E-state index in [-0.39, 0.29) is 10.2 Å². The standard InChI is InChI=1S/C11H6Br3F2NS/c12-6-2-9(16)10(3-8(6)15)17-4-5-1-7(13)11(14)18-5/h1-3,17H,4H2. The van der Waals surface area contributed by atoms with Crippen molar-refractivity contribution in [2.75, 3.05) is 5.32 Å². The van der Waals surface area contributed by atoms with Gasteiger partial charge in [-0.25, -0.2) is 8.78 Å². The summed E-state index contributed by atoms with van der Waals surface area (Å²) >= 11 is 11.2. The molecule has 0 atom stereocenters. The van der Waals surface area contributed by atoms with Crippen molar-refractivity contribution in [1.82, 2.24) is 0 Å². The lowest BCUT2D eigenvalue weighted by atomic mass is 10.3. The van der Waals surface area contributed by atoms with Crippen molar-refractivity contribution < 1.29 is 8.78 Å². The van der Waals surface area contributed by atoms with Crippen molar-refractivity contribution in [3.05, 3.63) is 47.4 Å². The fourth-order valence-electron chi connectivity index (χ4n) is 1.32. The average Bonchev–Trinajstić information content (AvgIpc) is 2.62. The first-order valence-corrected chi connectivity index (χ1v) is 7.99. The molecule has 96 valence electrons. The van der Waals surface area contributed by atoms with Crippen LogP contribution in [0.5, 0.6) is 0 Å². The van der Waals surface area contributed by atoms with E-state index >= 15 is 0 Å². The van der Waals surface area contributed by atoms with Crippen molar-refractivity contribution in [3.63, 3.8) is 0 Å². The van der Waals surface area contributed by atoms with Gasteiger partial charge in [0.15, 0.2) is 0 Å². The Bertz CT molecular complexity index is 566. The lowest BCUT2D eigenvalue weighted by Crippen LogP contribution is -2.00. The number of thiophene rings is 1. The van der Waals surface area contributed by atoms with Gasteiger partial charge in [0, 0.05) is 22.0 Å². The Morgan fingerprint density at radius 1 is 1.00 bits per heavy atom. The monoisotopic (exact) mass is 459 g/mol. The molecular formula is C11H6Br3F2NS. The molecule has 1 N–H and O–H groups in total. The van der Waals surface area contributed by atoms with Crippen molar-refractivity contribution in [1.29, 1.82) is 0 Å². The van der Waals surface area contributed by atoms with E-state index in [1.165, 1.54) is 11.3 Å². The minimum atomic E-state index is -0.493. The maximum atomic E-state index is 13.5. The van der Waals surface area contributed by atoms with Gasteiger partial charge >= 0.3 is 0 Å². The van der Waals surface area contributed by atoms with Crippen molar-refractivity contribution in [2.45, 2.75) is 6.54 Å². The number of halogens is 5. The van der Waals surface area contributed by atoms with Crippen LogP contribution < -0.4 is 5.32 Å². The lowest BCUT2D eigenvalue weighted by molar-refractivity contribution is 0.596. The van der Waals surface area contributed by atoms with E-state index in [2.05, 4.69) is 53.1 Å². The van der Waals surface area contributed by atoms with Crippen LogP contribution in [0.3, 0.4) is 0 Å². The number of anilines is 1. The Kier molecular flexibility index (Phi) is 4.80. The van der Waals surface area contributed by atoms with E-state index in [4.69, 9.17) is 0 Å².